The van der Waals surface area contributed by atoms with Crippen molar-refractivity contribution in [1.82, 2.24) is 0 Å². The molecule has 1 aliphatic heterocycles. The lowest BCUT2D eigenvalue weighted by molar-refractivity contribution is 0.173. The van der Waals surface area contributed by atoms with Crippen LogP contribution in [-0.4, -0.2) is 6.79 Å². The van der Waals surface area contributed by atoms with E-state index < -0.39 is 0 Å². The van der Waals surface area contributed by atoms with E-state index in [1.807, 2.05) is 13.0 Å². The first kappa shape index (κ1) is 10.2. The van der Waals surface area contributed by atoms with Crippen LogP contribution in [0.15, 0.2) is 6.07 Å². The van der Waals surface area contributed by atoms with Gasteiger partial charge in [-0.2, -0.15) is 0 Å². The normalized spacial score (nSPS) is 20.7. The number of halogens is 1. The minimum absolute atomic E-state index is 0.246. The van der Waals surface area contributed by atoms with Gasteiger partial charge in [-0.05, 0) is 43.4 Å². The van der Waals surface area contributed by atoms with Gasteiger partial charge in [-0.25, -0.2) is 0 Å². The van der Waals surface area contributed by atoms with Gasteiger partial charge in [0.25, 0.3) is 0 Å². The third-order valence-corrected chi connectivity index (χ3v) is 3.91. The van der Waals surface area contributed by atoms with E-state index in [9.17, 15) is 0 Å². The summed E-state index contributed by atoms with van der Waals surface area (Å²) in [4.78, 5) is 0. The number of ether oxygens (including phenoxy) is 2. The summed E-state index contributed by atoms with van der Waals surface area (Å²) in [6, 6.07) is 1.97. The molecular weight excluding hydrogens is 226 g/mol. The lowest BCUT2D eigenvalue weighted by atomic mass is 9.71. The fourth-order valence-electron chi connectivity index (χ4n) is 2.54. The van der Waals surface area contributed by atoms with Crippen molar-refractivity contribution in [3.05, 3.63) is 22.2 Å². The molecule has 1 heterocycles. The van der Waals surface area contributed by atoms with Crippen LogP contribution in [-0.2, 0) is 5.54 Å². The number of hydrogen-bond donors (Lipinski definition) is 1. The second kappa shape index (κ2) is 3.28. The van der Waals surface area contributed by atoms with Crippen molar-refractivity contribution in [1.29, 1.82) is 0 Å². The zero-order chi connectivity index (χ0) is 11.3. The average molecular weight is 240 g/mol. The number of aryl methyl sites for hydroxylation is 1. The molecule has 1 saturated carbocycles. The zero-order valence-electron chi connectivity index (χ0n) is 9.18. The Labute approximate surface area is 99.5 Å². The molecule has 1 aliphatic carbocycles. The highest BCUT2D eigenvalue weighted by Crippen LogP contribution is 2.50. The minimum atomic E-state index is -0.262. The van der Waals surface area contributed by atoms with Crippen molar-refractivity contribution in [3.8, 4) is 11.5 Å². The van der Waals surface area contributed by atoms with Gasteiger partial charge in [0.15, 0.2) is 11.5 Å². The van der Waals surface area contributed by atoms with E-state index in [0.717, 1.165) is 29.7 Å². The molecule has 1 aromatic carbocycles. The van der Waals surface area contributed by atoms with Crippen molar-refractivity contribution in [2.75, 3.05) is 6.79 Å². The molecule has 0 atom stereocenters. The summed E-state index contributed by atoms with van der Waals surface area (Å²) >= 11 is 6.37. The second-order valence-corrected chi connectivity index (χ2v) is 5.00. The maximum Gasteiger partial charge on any atom is 0.231 e. The fourth-order valence-corrected chi connectivity index (χ4v) is 3.03. The van der Waals surface area contributed by atoms with Crippen LogP contribution < -0.4 is 15.2 Å². The van der Waals surface area contributed by atoms with E-state index >= 15 is 0 Å². The number of benzene rings is 1. The van der Waals surface area contributed by atoms with Crippen LogP contribution in [0.5, 0.6) is 11.5 Å². The van der Waals surface area contributed by atoms with Crippen LogP contribution >= 0.6 is 11.6 Å². The largest absolute Gasteiger partial charge is 0.454 e. The summed E-state index contributed by atoms with van der Waals surface area (Å²) in [5.41, 5.74) is 8.20. The van der Waals surface area contributed by atoms with E-state index in [0.29, 0.717) is 10.8 Å². The lowest BCUT2D eigenvalue weighted by Crippen LogP contribution is -2.44. The van der Waals surface area contributed by atoms with Gasteiger partial charge in [0, 0.05) is 5.54 Å². The molecule has 0 amide bonds. The third-order valence-electron chi connectivity index (χ3n) is 3.55. The van der Waals surface area contributed by atoms with Gasteiger partial charge in [0.2, 0.25) is 6.79 Å². The number of hydrogen-bond acceptors (Lipinski definition) is 3. The van der Waals surface area contributed by atoms with Gasteiger partial charge >= 0.3 is 0 Å². The molecule has 16 heavy (non-hydrogen) atoms. The molecule has 2 aliphatic rings. The zero-order valence-corrected chi connectivity index (χ0v) is 9.93. The Kier molecular flexibility index (Phi) is 2.10. The molecule has 1 fully saturated rings. The van der Waals surface area contributed by atoms with Crippen LogP contribution in [0.1, 0.15) is 30.4 Å². The van der Waals surface area contributed by atoms with Gasteiger partial charge in [-0.3, -0.25) is 0 Å². The first-order valence-corrected chi connectivity index (χ1v) is 5.88. The first-order valence-electron chi connectivity index (χ1n) is 5.50. The van der Waals surface area contributed by atoms with E-state index in [4.69, 9.17) is 26.8 Å². The third kappa shape index (κ3) is 1.25. The Bertz CT molecular complexity index is 455. The summed E-state index contributed by atoms with van der Waals surface area (Å²) in [5.74, 6) is 1.38. The Morgan fingerprint density at radius 2 is 2.12 bits per heavy atom. The van der Waals surface area contributed by atoms with Gasteiger partial charge in [0.1, 0.15) is 0 Å². The predicted molar refractivity (Wildman–Crippen MR) is 62.0 cm³/mol. The van der Waals surface area contributed by atoms with Crippen molar-refractivity contribution in [2.45, 2.75) is 31.7 Å². The van der Waals surface area contributed by atoms with Crippen LogP contribution in [0.4, 0.5) is 0 Å². The van der Waals surface area contributed by atoms with Crippen molar-refractivity contribution in [3.63, 3.8) is 0 Å². The topological polar surface area (TPSA) is 44.5 Å². The van der Waals surface area contributed by atoms with Crippen molar-refractivity contribution < 1.29 is 9.47 Å². The van der Waals surface area contributed by atoms with Gasteiger partial charge in [-0.1, -0.05) is 11.6 Å². The summed E-state index contributed by atoms with van der Waals surface area (Å²) in [6.45, 7) is 2.27. The highest BCUT2D eigenvalue weighted by molar-refractivity contribution is 6.33. The Morgan fingerprint density at radius 3 is 2.75 bits per heavy atom. The van der Waals surface area contributed by atoms with Crippen LogP contribution in [0.3, 0.4) is 0 Å². The molecule has 3 rings (SSSR count). The molecule has 0 spiro atoms. The number of nitrogens with two attached hydrogens (primary N) is 1. The lowest BCUT2D eigenvalue weighted by Gasteiger charge is -2.40. The quantitative estimate of drug-likeness (QED) is 0.820. The maximum absolute atomic E-state index is 6.37. The van der Waals surface area contributed by atoms with Gasteiger partial charge in [0.05, 0.1) is 5.02 Å². The smallest absolute Gasteiger partial charge is 0.231 e. The molecule has 0 aromatic heterocycles. The molecule has 3 nitrogen and oxygen atoms in total. The molecule has 4 heteroatoms. The van der Waals surface area contributed by atoms with Crippen LogP contribution in [0.25, 0.3) is 0 Å². The molecule has 0 radical (unpaired) electrons. The molecule has 0 unspecified atom stereocenters. The van der Waals surface area contributed by atoms with E-state index in [1.54, 1.807) is 0 Å². The fraction of sp³-hybridized carbons (Fsp3) is 0.500. The van der Waals surface area contributed by atoms with E-state index in [2.05, 4.69) is 0 Å². The summed E-state index contributed by atoms with van der Waals surface area (Å²) < 4.78 is 10.7. The Hall–Kier alpha value is -0.930. The highest BCUT2D eigenvalue weighted by Gasteiger charge is 2.39. The predicted octanol–water partition coefficient (Wildman–Crippen LogP) is 2.72. The van der Waals surface area contributed by atoms with E-state index in [1.165, 1.54) is 6.42 Å². The van der Waals surface area contributed by atoms with Crippen molar-refractivity contribution in [2.24, 2.45) is 5.73 Å². The first-order chi connectivity index (χ1) is 7.62. The molecule has 1 aromatic rings. The standard InChI is InChI=1S/C12H14ClNO2/c1-7-5-8-11(16-6-15-8)10(13)9(7)12(14)3-2-4-12/h5H,2-4,6,14H2,1H3. The molecule has 0 saturated heterocycles. The van der Waals surface area contributed by atoms with Gasteiger partial charge in [-0.15, -0.1) is 0 Å². The van der Waals surface area contributed by atoms with Crippen LogP contribution in [0, 0.1) is 6.92 Å². The number of rotatable bonds is 1. The average Bonchev–Trinajstić information content (AvgIpc) is 2.63. The monoisotopic (exact) mass is 239 g/mol. The summed E-state index contributed by atoms with van der Waals surface area (Å²) in [7, 11) is 0. The summed E-state index contributed by atoms with van der Waals surface area (Å²) in [6.07, 6.45) is 3.15. The molecule has 2 N–H and O–H groups in total. The molecule has 86 valence electrons. The summed E-state index contributed by atoms with van der Waals surface area (Å²) in [5, 5.41) is 0.634. The SMILES string of the molecule is Cc1cc2c(c(Cl)c1C1(N)CCC1)OCO2. The van der Waals surface area contributed by atoms with E-state index in [-0.39, 0.29) is 12.3 Å². The Balaban J connectivity index is 2.18. The highest BCUT2D eigenvalue weighted by atomic mass is 35.5. The minimum Gasteiger partial charge on any atom is -0.454 e. The second-order valence-electron chi connectivity index (χ2n) is 4.63. The Morgan fingerprint density at radius 1 is 1.38 bits per heavy atom. The van der Waals surface area contributed by atoms with Crippen molar-refractivity contribution >= 4 is 11.6 Å². The molecule has 0 bridgehead atoms. The van der Waals surface area contributed by atoms with Crippen LogP contribution in [0.2, 0.25) is 5.02 Å². The maximum atomic E-state index is 6.37. The van der Waals surface area contributed by atoms with Gasteiger partial charge < -0.3 is 15.2 Å². The molecular formula is C12H14ClNO2. The number of fused-ring (bicyclic) bond motifs is 1.